The minimum Gasteiger partial charge on any atom is -0.493 e. The van der Waals surface area contributed by atoms with E-state index < -0.39 is 12.0 Å². The number of ether oxygens (including phenoxy) is 3. The summed E-state index contributed by atoms with van der Waals surface area (Å²) in [6.07, 6.45) is 4.65. The Kier molecular flexibility index (Phi) is 6.98. The molecule has 158 valence electrons. The van der Waals surface area contributed by atoms with E-state index >= 15 is 0 Å². The second-order valence-electron chi connectivity index (χ2n) is 7.22. The molecule has 2 aliphatic rings. The molecule has 8 nitrogen and oxygen atoms in total. The zero-order valence-corrected chi connectivity index (χ0v) is 17.2. The average molecular weight is 403 g/mol. The van der Waals surface area contributed by atoms with Crippen molar-refractivity contribution in [3.8, 4) is 11.5 Å². The number of esters is 1. The van der Waals surface area contributed by atoms with E-state index in [4.69, 9.17) is 14.2 Å². The van der Waals surface area contributed by atoms with Crippen molar-refractivity contribution in [2.75, 3.05) is 41.0 Å². The van der Waals surface area contributed by atoms with Gasteiger partial charge in [-0.3, -0.25) is 4.90 Å². The molecule has 2 amide bonds. The number of carbonyl (C=O) groups is 2. The molecule has 0 saturated carbocycles. The van der Waals surface area contributed by atoms with Gasteiger partial charge in [0.2, 0.25) is 0 Å². The smallest absolute Gasteiger partial charge is 0.338 e. The Morgan fingerprint density at radius 3 is 2.38 bits per heavy atom. The molecule has 1 atom stereocenters. The fourth-order valence-corrected chi connectivity index (χ4v) is 3.89. The van der Waals surface area contributed by atoms with E-state index in [0.717, 1.165) is 25.9 Å². The lowest BCUT2D eigenvalue weighted by Crippen LogP contribution is -2.48. The van der Waals surface area contributed by atoms with Crippen LogP contribution < -0.4 is 20.1 Å². The predicted octanol–water partition coefficient (Wildman–Crippen LogP) is 2.36. The molecule has 3 rings (SSSR count). The fourth-order valence-electron chi connectivity index (χ4n) is 3.89. The summed E-state index contributed by atoms with van der Waals surface area (Å²) < 4.78 is 15.7. The maximum atomic E-state index is 12.7. The Hall–Kier alpha value is -2.74. The van der Waals surface area contributed by atoms with E-state index in [-0.39, 0.29) is 6.03 Å². The number of nitrogens with one attached hydrogen (secondary N) is 2. The molecule has 0 unspecified atom stereocenters. The van der Waals surface area contributed by atoms with Gasteiger partial charge in [0.25, 0.3) is 0 Å². The highest BCUT2D eigenvalue weighted by atomic mass is 16.5. The molecule has 1 aromatic rings. The molecule has 2 heterocycles. The van der Waals surface area contributed by atoms with Gasteiger partial charge in [0.1, 0.15) is 0 Å². The third-order valence-corrected chi connectivity index (χ3v) is 5.38. The molecule has 1 fully saturated rings. The summed E-state index contributed by atoms with van der Waals surface area (Å²) in [6, 6.07) is 4.34. The van der Waals surface area contributed by atoms with Crippen molar-refractivity contribution in [2.24, 2.45) is 0 Å². The first kappa shape index (κ1) is 21.0. The van der Waals surface area contributed by atoms with E-state index in [1.807, 2.05) is 6.07 Å². The standard InChI is InChI=1S/C21H29N3O5/c1-27-16-9-8-14(12-17(16)28-2)19-18(20(25)29-3)15(22-21(26)23-19)13-24-10-6-4-5-7-11-24/h8-9,12,19H,4-7,10-11,13H2,1-3H3,(H2,22,23,26)/t19-/m0/s1. The quantitative estimate of drug-likeness (QED) is 0.709. The Bertz CT molecular complexity index is 785. The number of carbonyl (C=O) groups excluding carboxylic acids is 2. The molecule has 0 spiro atoms. The normalized spacial score (nSPS) is 20.4. The topological polar surface area (TPSA) is 89.1 Å². The van der Waals surface area contributed by atoms with E-state index in [2.05, 4.69) is 15.5 Å². The van der Waals surface area contributed by atoms with Gasteiger partial charge in [-0.15, -0.1) is 0 Å². The van der Waals surface area contributed by atoms with Crippen LogP contribution in [0.1, 0.15) is 37.3 Å². The van der Waals surface area contributed by atoms with Crippen molar-refractivity contribution in [3.05, 3.63) is 35.0 Å². The zero-order chi connectivity index (χ0) is 20.8. The van der Waals surface area contributed by atoms with Gasteiger partial charge in [-0.1, -0.05) is 18.9 Å². The molecule has 8 heteroatoms. The number of nitrogens with zero attached hydrogens (tertiary/aromatic N) is 1. The van der Waals surface area contributed by atoms with Crippen molar-refractivity contribution in [1.29, 1.82) is 0 Å². The maximum absolute atomic E-state index is 12.7. The van der Waals surface area contributed by atoms with Crippen molar-refractivity contribution in [1.82, 2.24) is 15.5 Å². The van der Waals surface area contributed by atoms with E-state index in [1.165, 1.54) is 20.0 Å². The highest BCUT2D eigenvalue weighted by molar-refractivity contribution is 5.95. The first-order valence-electron chi connectivity index (χ1n) is 9.90. The average Bonchev–Trinajstić information content (AvgIpc) is 3.01. The van der Waals surface area contributed by atoms with Crippen LogP contribution in [0.4, 0.5) is 4.79 Å². The molecule has 2 aliphatic heterocycles. The van der Waals surface area contributed by atoms with E-state index in [9.17, 15) is 9.59 Å². The molecular formula is C21H29N3O5. The lowest BCUT2D eigenvalue weighted by atomic mass is 9.94. The highest BCUT2D eigenvalue weighted by Gasteiger charge is 2.34. The van der Waals surface area contributed by atoms with Crippen molar-refractivity contribution >= 4 is 12.0 Å². The molecule has 0 bridgehead atoms. The van der Waals surface area contributed by atoms with Gasteiger partial charge in [-0.25, -0.2) is 9.59 Å². The summed E-state index contributed by atoms with van der Waals surface area (Å²) in [4.78, 5) is 27.4. The van der Waals surface area contributed by atoms with Crippen molar-refractivity contribution in [3.63, 3.8) is 0 Å². The van der Waals surface area contributed by atoms with Gasteiger partial charge in [0.15, 0.2) is 11.5 Å². The summed E-state index contributed by atoms with van der Waals surface area (Å²) in [5.41, 5.74) is 1.71. The summed E-state index contributed by atoms with van der Waals surface area (Å²) in [7, 11) is 4.45. The minimum absolute atomic E-state index is 0.345. The molecule has 1 aromatic carbocycles. The highest BCUT2D eigenvalue weighted by Crippen LogP contribution is 2.34. The van der Waals surface area contributed by atoms with E-state index in [0.29, 0.717) is 34.9 Å². The summed E-state index contributed by atoms with van der Waals surface area (Å²) in [6.45, 7) is 2.40. The number of hydrogen-bond donors (Lipinski definition) is 2. The van der Waals surface area contributed by atoms with E-state index in [1.54, 1.807) is 26.4 Å². The molecular weight excluding hydrogens is 374 g/mol. The number of urea groups is 1. The second-order valence-corrected chi connectivity index (χ2v) is 7.22. The van der Waals surface area contributed by atoms with Crippen LogP contribution in [0.2, 0.25) is 0 Å². The van der Waals surface area contributed by atoms with Gasteiger partial charge in [0, 0.05) is 12.2 Å². The SMILES string of the molecule is COC(=O)C1=C(CN2CCCCCC2)NC(=O)N[C@H]1c1ccc(OC)c(OC)c1. The van der Waals surface area contributed by atoms with Crippen LogP contribution in [0, 0.1) is 0 Å². The summed E-state index contributed by atoms with van der Waals surface area (Å²) in [5.74, 6) is 0.628. The van der Waals surface area contributed by atoms with Crippen LogP contribution in [0.15, 0.2) is 29.5 Å². The third-order valence-electron chi connectivity index (χ3n) is 5.38. The van der Waals surface area contributed by atoms with Crippen LogP contribution in [-0.4, -0.2) is 57.9 Å². The predicted molar refractivity (Wildman–Crippen MR) is 108 cm³/mol. The lowest BCUT2D eigenvalue weighted by molar-refractivity contribution is -0.136. The first-order valence-corrected chi connectivity index (χ1v) is 9.90. The Morgan fingerprint density at radius 2 is 1.76 bits per heavy atom. The number of likely N-dealkylation sites (tertiary alicyclic amines) is 1. The van der Waals surface area contributed by atoms with Crippen molar-refractivity contribution in [2.45, 2.75) is 31.7 Å². The summed E-state index contributed by atoms with van der Waals surface area (Å²) >= 11 is 0. The molecule has 29 heavy (non-hydrogen) atoms. The number of rotatable bonds is 6. The molecule has 0 radical (unpaired) electrons. The van der Waals surface area contributed by atoms with Crippen LogP contribution in [-0.2, 0) is 9.53 Å². The number of hydrogen-bond acceptors (Lipinski definition) is 6. The monoisotopic (exact) mass is 403 g/mol. The lowest BCUT2D eigenvalue weighted by Gasteiger charge is -2.32. The van der Waals surface area contributed by atoms with Gasteiger partial charge in [-0.05, 0) is 43.6 Å². The van der Waals surface area contributed by atoms with Gasteiger partial charge >= 0.3 is 12.0 Å². The number of methoxy groups -OCH3 is 3. The van der Waals surface area contributed by atoms with Crippen LogP contribution in [0.3, 0.4) is 0 Å². The van der Waals surface area contributed by atoms with Crippen LogP contribution in [0.5, 0.6) is 11.5 Å². The first-order chi connectivity index (χ1) is 14.1. The van der Waals surface area contributed by atoms with Gasteiger partial charge in [-0.2, -0.15) is 0 Å². The molecule has 0 aliphatic carbocycles. The van der Waals surface area contributed by atoms with Crippen LogP contribution in [0.25, 0.3) is 0 Å². The third kappa shape index (κ3) is 4.82. The Labute approximate surface area is 171 Å². The summed E-state index contributed by atoms with van der Waals surface area (Å²) in [5, 5.41) is 5.67. The Balaban J connectivity index is 1.99. The van der Waals surface area contributed by atoms with Crippen molar-refractivity contribution < 1.29 is 23.8 Å². The minimum atomic E-state index is -0.641. The van der Waals surface area contributed by atoms with Crippen LogP contribution >= 0.6 is 0 Å². The number of benzene rings is 1. The molecule has 1 saturated heterocycles. The van der Waals surface area contributed by atoms with Gasteiger partial charge < -0.3 is 24.8 Å². The number of amides is 2. The molecule has 0 aromatic heterocycles. The second kappa shape index (κ2) is 9.65. The maximum Gasteiger partial charge on any atom is 0.338 e. The fraction of sp³-hybridized carbons (Fsp3) is 0.524. The molecule has 2 N–H and O–H groups in total. The Morgan fingerprint density at radius 1 is 1.07 bits per heavy atom. The van der Waals surface area contributed by atoms with Gasteiger partial charge in [0.05, 0.1) is 32.9 Å². The zero-order valence-electron chi connectivity index (χ0n) is 17.2. The largest absolute Gasteiger partial charge is 0.493 e.